The van der Waals surface area contributed by atoms with E-state index in [1.54, 1.807) is 30.3 Å². The maximum absolute atomic E-state index is 12.1. The Morgan fingerprint density at radius 2 is 1.67 bits per heavy atom. The van der Waals surface area contributed by atoms with Crippen LogP contribution in [0.1, 0.15) is 38.4 Å². The van der Waals surface area contributed by atoms with Gasteiger partial charge in [-0.3, -0.25) is 25.1 Å². The van der Waals surface area contributed by atoms with Gasteiger partial charge in [0.05, 0.1) is 12.2 Å². The summed E-state index contributed by atoms with van der Waals surface area (Å²) < 4.78 is 1.92. The van der Waals surface area contributed by atoms with Gasteiger partial charge in [-0.1, -0.05) is 41.4 Å². The van der Waals surface area contributed by atoms with Crippen molar-refractivity contribution in [3.8, 4) is 0 Å². The molecule has 1 heterocycles. The van der Waals surface area contributed by atoms with Crippen LogP contribution in [0.25, 0.3) is 6.08 Å². The molecule has 0 unspecified atom stereocenters. The van der Waals surface area contributed by atoms with Gasteiger partial charge in [0.25, 0.3) is 11.8 Å². The third-order valence-electron chi connectivity index (χ3n) is 4.70. The van der Waals surface area contributed by atoms with Crippen LogP contribution in [0, 0.1) is 20.8 Å². The average molecular weight is 423 g/mol. The monoisotopic (exact) mass is 422 g/mol. The van der Waals surface area contributed by atoms with E-state index in [0.29, 0.717) is 17.1 Å². The van der Waals surface area contributed by atoms with E-state index < -0.39 is 11.8 Å². The third-order valence-corrected chi connectivity index (χ3v) is 4.95. The van der Waals surface area contributed by atoms with Crippen LogP contribution in [0.3, 0.4) is 0 Å². The van der Waals surface area contributed by atoms with Crippen molar-refractivity contribution in [3.05, 3.63) is 93.3 Å². The number of hydrazine groups is 1. The molecule has 7 heteroatoms. The molecular formula is C23H23ClN4O2. The van der Waals surface area contributed by atoms with Crippen molar-refractivity contribution in [3.63, 3.8) is 0 Å². The first-order valence-electron chi connectivity index (χ1n) is 9.47. The van der Waals surface area contributed by atoms with Crippen LogP contribution >= 0.6 is 11.6 Å². The molecule has 3 aromatic rings. The Balaban J connectivity index is 1.61. The lowest BCUT2D eigenvalue weighted by molar-refractivity contribution is -0.117. The Labute approximate surface area is 180 Å². The number of nitrogens with zero attached hydrogens (tertiary/aromatic N) is 2. The summed E-state index contributed by atoms with van der Waals surface area (Å²) in [4.78, 5) is 24.1. The molecule has 0 spiro atoms. The molecule has 0 saturated heterocycles. The zero-order valence-electron chi connectivity index (χ0n) is 17.1. The molecule has 0 bridgehead atoms. The second kappa shape index (κ2) is 9.41. The van der Waals surface area contributed by atoms with E-state index in [4.69, 9.17) is 11.6 Å². The molecule has 0 fully saturated rings. The number of amides is 2. The van der Waals surface area contributed by atoms with E-state index >= 15 is 0 Å². The second-order valence-electron chi connectivity index (χ2n) is 7.01. The van der Waals surface area contributed by atoms with Crippen LogP contribution in [0.15, 0.2) is 54.6 Å². The number of carbonyl (C=O) groups is 2. The number of hydrogen-bond acceptors (Lipinski definition) is 3. The van der Waals surface area contributed by atoms with E-state index in [9.17, 15) is 9.59 Å². The molecule has 0 atom stereocenters. The molecule has 2 aromatic carbocycles. The summed E-state index contributed by atoms with van der Waals surface area (Å²) in [5.74, 6) is -0.867. The van der Waals surface area contributed by atoms with Crippen LogP contribution in [0.5, 0.6) is 0 Å². The zero-order chi connectivity index (χ0) is 21.7. The lowest BCUT2D eigenvalue weighted by atomic mass is 10.1. The molecule has 0 radical (unpaired) electrons. The zero-order valence-corrected chi connectivity index (χ0v) is 17.8. The standard InChI is InChI=1S/C23H23ClN4O2/c1-15-4-6-18(7-5-15)14-28-17(3)21(16(2)27-28)12-13-22(29)25-26-23(30)19-8-10-20(24)11-9-19/h4-13H,14H2,1-3H3,(H,25,29)(H,26,30)/b13-12+. The normalized spacial score (nSPS) is 10.9. The molecule has 2 N–H and O–H groups in total. The topological polar surface area (TPSA) is 76.0 Å². The largest absolute Gasteiger partial charge is 0.269 e. The highest BCUT2D eigenvalue weighted by atomic mass is 35.5. The fourth-order valence-corrected chi connectivity index (χ4v) is 3.09. The first-order valence-corrected chi connectivity index (χ1v) is 9.85. The van der Waals surface area contributed by atoms with Gasteiger partial charge in [0.15, 0.2) is 0 Å². The number of hydrogen-bond donors (Lipinski definition) is 2. The van der Waals surface area contributed by atoms with Gasteiger partial charge in [0.2, 0.25) is 0 Å². The smallest absolute Gasteiger partial charge is 0.268 e. The van der Waals surface area contributed by atoms with Crippen molar-refractivity contribution in [1.82, 2.24) is 20.6 Å². The molecule has 0 aliphatic heterocycles. The van der Waals surface area contributed by atoms with Crippen molar-refractivity contribution >= 4 is 29.5 Å². The maximum atomic E-state index is 12.1. The fourth-order valence-electron chi connectivity index (χ4n) is 2.96. The van der Waals surface area contributed by atoms with Crippen LogP contribution in [0.2, 0.25) is 5.02 Å². The summed E-state index contributed by atoms with van der Waals surface area (Å²) in [6, 6.07) is 14.7. The summed E-state index contributed by atoms with van der Waals surface area (Å²) >= 11 is 5.80. The predicted octanol–water partition coefficient (Wildman–Crippen LogP) is 3.98. The predicted molar refractivity (Wildman–Crippen MR) is 118 cm³/mol. The van der Waals surface area contributed by atoms with Crippen LogP contribution in [-0.2, 0) is 11.3 Å². The second-order valence-corrected chi connectivity index (χ2v) is 7.45. The molecule has 0 aliphatic carbocycles. The number of halogens is 1. The minimum Gasteiger partial charge on any atom is -0.268 e. The lowest BCUT2D eigenvalue weighted by Gasteiger charge is -2.06. The van der Waals surface area contributed by atoms with E-state index in [-0.39, 0.29) is 0 Å². The third kappa shape index (κ3) is 5.36. The summed E-state index contributed by atoms with van der Waals surface area (Å²) in [5.41, 5.74) is 10.2. The quantitative estimate of drug-likeness (QED) is 0.482. The van der Waals surface area contributed by atoms with Crippen molar-refractivity contribution in [2.75, 3.05) is 0 Å². The molecule has 1 aromatic heterocycles. The van der Waals surface area contributed by atoms with Crippen molar-refractivity contribution in [2.24, 2.45) is 0 Å². The van der Waals surface area contributed by atoms with Gasteiger partial charge in [-0.15, -0.1) is 0 Å². The van der Waals surface area contributed by atoms with Crippen molar-refractivity contribution in [1.29, 1.82) is 0 Å². The highest BCUT2D eigenvalue weighted by molar-refractivity contribution is 6.30. The van der Waals surface area contributed by atoms with Gasteiger partial charge in [-0.25, -0.2) is 0 Å². The van der Waals surface area contributed by atoms with E-state index in [1.807, 2.05) is 18.5 Å². The number of aryl methyl sites for hydroxylation is 2. The Kier molecular flexibility index (Phi) is 6.69. The van der Waals surface area contributed by atoms with E-state index in [1.165, 1.54) is 11.6 Å². The molecule has 30 heavy (non-hydrogen) atoms. The molecule has 0 aliphatic rings. The molecular weight excluding hydrogens is 400 g/mol. The first kappa shape index (κ1) is 21.3. The number of carbonyl (C=O) groups excluding carboxylic acids is 2. The summed E-state index contributed by atoms with van der Waals surface area (Å²) in [6.45, 7) is 6.58. The minimum atomic E-state index is -0.442. The van der Waals surface area contributed by atoms with Crippen LogP contribution in [-0.4, -0.2) is 21.6 Å². The van der Waals surface area contributed by atoms with E-state index in [0.717, 1.165) is 22.5 Å². The van der Waals surface area contributed by atoms with Gasteiger partial charge < -0.3 is 0 Å². The highest BCUT2D eigenvalue weighted by Gasteiger charge is 2.10. The average Bonchev–Trinajstić information content (AvgIpc) is 2.99. The summed E-state index contributed by atoms with van der Waals surface area (Å²) in [6.07, 6.45) is 3.07. The lowest BCUT2D eigenvalue weighted by Crippen LogP contribution is -2.40. The molecule has 154 valence electrons. The van der Waals surface area contributed by atoms with Gasteiger partial charge in [-0.05, 0) is 56.7 Å². The number of aromatic nitrogens is 2. The Hall–Kier alpha value is -3.38. The van der Waals surface area contributed by atoms with Crippen LogP contribution < -0.4 is 10.9 Å². The van der Waals surface area contributed by atoms with Crippen molar-refractivity contribution in [2.45, 2.75) is 27.3 Å². The first-order chi connectivity index (χ1) is 14.3. The number of benzene rings is 2. The number of rotatable bonds is 5. The minimum absolute atomic E-state index is 0.396. The van der Waals surface area contributed by atoms with Gasteiger partial charge in [0, 0.05) is 27.9 Å². The Morgan fingerprint density at radius 1 is 1.00 bits per heavy atom. The van der Waals surface area contributed by atoms with E-state index in [2.05, 4.69) is 47.1 Å². The molecule has 2 amide bonds. The van der Waals surface area contributed by atoms with Gasteiger partial charge in [-0.2, -0.15) is 5.10 Å². The summed E-state index contributed by atoms with van der Waals surface area (Å²) in [7, 11) is 0. The SMILES string of the molecule is Cc1ccc(Cn2nc(C)c(/C=C/C(=O)NNC(=O)c3ccc(Cl)cc3)c2C)cc1. The molecule has 6 nitrogen and oxygen atoms in total. The van der Waals surface area contributed by atoms with Gasteiger partial charge >= 0.3 is 0 Å². The Morgan fingerprint density at radius 3 is 2.33 bits per heavy atom. The van der Waals surface area contributed by atoms with Gasteiger partial charge in [0.1, 0.15) is 0 Å². The molecule has 0 saturated carbocycles. The fraction of sp³-hybridized carbons (Fsp3) is 0.174. The maximum Gasteiger partial charge on any atom is 0.269 e. The molecule has 3 rings (SSSR count). The Bertz CT molecular complexity index is 1080. The van der Waals surface area contributed by atoms with Crippen LogP contribution in [0.4, 0.5) is 0 Å². The van der Waals surface area contributed by atoms with Crippen molar-refractivity contribution < 1.29 is 9.59 Å². The highest BCUT2D eigenvalue weighted by Crippen LogP contribution is 2.17. The summed E-state index contributed by atoms with van der Waals surface area (Å²) in [5, 5.41) is 5.11. The number of nitrogens with one attached hydrogen (secondary N) is 2.